The Kier molecular flexibility index (Phi) is 4.52. The smallest absolute Gasteiger partial charge is 0.237 e. The molecule has 0 saturated heterocycles. The van der Waals surface area contributed by atoms with Crippen molar-refractivity contribution >= 4 is 34.4 Å². The molecule has 1 aliphatic heterocycles. The van der Waals surface area contributed by atoms with E-state index in [4.69, 9.17) is 0 Å². The monoisotopic (exact) mass is 401 g/mol. The third-order valence-electron chi connectivity index (χ3n) is 5.14. The number of carbonyl (C=O) groups is 1. The molecule has 6 nitrogen and oxygen atoms in total. The van der Waals surface area contributed by atoms with E-state index in [2.05, 4.69) is 28.1 Å². The molecule has 7 heteroatoms. The highest BCUT2D eigenvalue weighted by Crippen LogP contribution is 2.33. The second-order valence-electron chi connectivity index (χ2n) is 7.04. The van der Waals surface area contributed by atoms with Gasteiger partial charge in [0.05, 0.1) is 23.0 Å². The van der Waals surface area contributed by atoms with Crippen molar-refractivity contribution in [3.8, 4) is 5.69 Å². The summed E-state index contributed by atoms with van der Waals surface area (Å²) in [7, 11) is 0. The molecule has 0 spiro atoms. The van der Waals surface area contributed by atoms with Gasteiger partial charge in [0.1, 0.15) is 11.4 Å². The molecule has 0 N–H and O–H groups in total. The lowest BCUT2D eigenvalue weighted by atomic mass is 10.1. The average Bonchev–Trinajstić information content (AvgIpc) is 3.33. The first kappa shape index (κ1) is 17.9. The van der Waals surface area contributed by atoms with Crippen LogP contribution in [0.1, 0.15) is 12.5 Å². The van der Waals surface area contributed by atoms with Crippen LogP contribution in [0.2, 0.25) is 0 Å². The van der Waals surface area contributed by atoms with E-state index in [1.54, 1.807) is 10.9 Å². The van der Waals surface area contributed by atoms with Gasteiger partial charge < -0.3 is 4.90 Å². The molecular formula is C22H19N5OS. The summed E-state index contributed by atoms with van der Waals surface area (Å²) in [5, 5.41) is 6.10. The first-order valence-electron chi connectivity index (χ1n) is 9.49. The van der Waals surface area contributed by atoms with Crippen LogP contribution >= 0.6 is 11.8 Å². The lowest BCUT2D eigenvalue weighted by Crippen LogP contribution is -2.36. The standard InChI is InChI=1S/C22H19N5OS/c1-15-11-16-7-5-6-10-19(16)26(15)20(28)13-29-22-18-12-25-27(21(18)23-14-24-22)17-8-3-2-4-9-17/h2-10,12,14-15H,11,13H2,1H3/t15-/m0/s1. The summed E-state index contributed by atoms with van der Waals surface area (Å²) < 4.78 is 1.79. The zero-order chi connectivity index (χ0) is 19.8. The van der Waals surface area contributed by atoms with Gasteiger partial charge in [-0.05, 0) is 37.1 Å². The van der Waals surface area contributed by atoms with E-state index in [0.717, 1.165) is 33.9 Å². The van der Waals surface area contributed by atoms with Crippen LogP contribution in [0.15, 0.2) is 72.1 Å². The SMILES string of the molecule is C[C@H]1Cc2ccccc2N1C(=O)CSc1ncnc2c1cnn2-c1ccccc1. The molecule has 144 valence electrons. The maximum atomic E-state index is 13.0. The Bertz CT molecular complexity index is 1190. The molecule has 0 fully saturated rings. The molecule has 1 aliphatic rings. The zero-order valence-electron chi connectivity index (χ0n) is 15.9. The van der Waals surface area contributed by atoms with Crippen LogP contribution in [0.3, 0.4) is 0 Å². The molecule has 0 aliphatic carbocycles. The zero-order valence-corrected chi connectivity index (χ0v) is 16.7. The van der Waals surface area contributed by atoms with Crippen molar-refractivity contribution < 1.29 is 4.79 Å². The van der Waals surface area contributed by atoms with E-state index in [0.29, 0.717) is 5.75 Å². The van der Waals surface area contributed by atoms with Crippen molar-refractivity contribution in [1.82, 2.24) is 19.7 Å². The van der Waals surface area contributed by atoms with Gasteiger partial charge in [-0.1, -0.05) is 48.2 Å². The summed E-state index contributed by atoms with van der Waals surface area (Å²) in [6, 6.07) is 18.2. The fourth-order valence-corrected chi connectivity index (χ4v) is 4.66. The number of rotatable bonds is 4. The number of amides is 1. The minimum absolute atomic E-state index is 0.0923. The Labute approximate surface area is 172 Å². The summed E-state index contributed by atoms with van der Waals surface area (Å²) in [4.78, 5) is 23.7. The molecular weight excluding hydrogens is 382 g/mol. The van der Waals surface area contributed by atoms with Crippen molar-refractivity contribution in [2.24, 2.45) is 0 Å². The first-order chi connectivity index (χ1) is 14.2. The molecule has 3 heterocycles. The Hall–Kier alpha value is -3.19. The molecule has 1 atom stereocenters. The molecule has 0 radical (unpaired) electrons. The number of fused-ring (bicyclic) bond motifs is 2. The van der Waals surface area contributed by atoms with Crippen LogP contribution in [0, 0.1) is 0 Å². The summed E-state index contributed by atoms with van der Waals surface area (Å²) >= 11 is 1.43. The summed E-state index contributed by atoms with van der Waals surface area (Å²) in [6.45, 7) is 2.09. The lowest BCUT2D eigenvalue weighted by molar-refractivity contribution is -0.116. The van der Waals surface area contributed by atoms with Gasteiger partial charge in [0, 0.05) is 11.7 Å². The van der Waals surface area contributed by atoms with Gasteiger partial charge in [0.2, 0.25) is 5.91 Å². The number of hydrogen-bond donors (Lipinski definition) is 0. The summed E-state index contributed by atoms with van der Waals surface area (Å²) in [5.74, 6) is 0.413. The third-order valence-corrected chi connectivity index (χ3v) is 6.13. The first-order valence-corrected chi connectivity index (χ1v) is 10.5. The molecule has 5 rings (SSSR count). The van der Waals surface area contributed by atoms with Crippen molar-refractivity contribution in [2.45, 2.75) is 24.4 Å². The second-order valence-corrected chi connectivity index (χ2v) is 8.01. The highest BCUT2D eigenvalue weighted by molar-refractivity contribution is 8.00. The van der Waals surface area contributed by atoms with E-state index in [9.17, 15) is 4.79 Å². The largest absolute Gasteiger partial charge is 0.308 e. The van der Waals surface area contributed by atoms with Crippen molar-refractivity contribution in [1.29, 1.82) is 0 Å². The van der Waals surface area contributed by atoms with E-state index < -0.39 is 0 Å². The number of thioether (sulfide) groups is 1. The Balaban J connectivity index is 1.39. The van der Waals surface area contributed by atoms with Gasteiger partial charge in [-0.2, -0.15) is 5.10 Å². The highest BCUT2D eigenvalue weighted by atomic mass is 32.2. The van der Waals surface area contributed by atoms with Crippen LogP contribution < -0.4 is 4.90 Å². The number of benzene rings is 2. The van der Waals surface area contributed by atoms with Crippen LogP contribution in [0.25, 0.3) is 16.7 Å². The fraction of sp³-hybridized carbons (Fsp3) is 0.182. The van der Waals surface area contributed by atoms with Gasteiger partial charge >= 0.3 is 0 Å². The van der Waals surface area contributed by atoms with Gasteiger partial charge in [0.15, 0.2) is 5.65 Å². The Morgan fingerprint density at radius 1 is 1.10 bits per heavy atom. The normalized spacial score (nSPS) is 15.6. The van der Waals surface area contributed by atoms with Crippen LogP contribution in [0.5, 0.6) is 0 Å². The second kappa shape index (κ2) is 7.33. The Morgan fingerprint density at radius 2 is 1.90 bits per heavy atom. The lowest BCUT2D eigenvalue weighted by Gasteiger charge is -2.22. The Morgan fingerprint density at radius 3 is 2.76 bits per heavy atom. The quantitative estimate of drug-likeness (QED) is 0.383. The van der Waals surface area contributed by atoms with Gasteiger partial charge in [-0.25, -0.2) is 14.6 Å². The number of hydrogen-bond acceptors (Lipinski definition) is 5. The summed E-state index contributed by atoms with van der Waals surface area (Å²) in [5.41, 5.74) is 3.93. The van der Waals surface area contributed by atoms with E-state index in [1.165, 1.54) is 23.7 Å². The van der Waals surface area contributed by atoms with Gasteiger partial charge in [-0.15, -0.1) is 0 Å². The number of anilines is 1. The average molecular weight is 401 g/mol. The molecule has 4 aromatic rings. The molecule has 0 unspecified atom stereocenters. The van der Waals surface area contributed by atoms with Crippen LogP contribution in [0.4, 0.5) is 5.69 Å². The van der Waals surface area contributed by atoms with Crippen molar-refractivity contribution in [3.63, 3.8) is 0 Å². The predicted octanol–water partition coefficient (Wildman–Crippen LogP) is 3.89. The maximum Gasteiger partial charge on any atom is 0.237 e. The van der Waals surface area contributed by atoms with Gasteiger partial charge in [-0.3, -0.25) is 4.79 Å². The van der Waals surface area contributed by atoms with Crippen LogP contribution in [-0.2, 0) is 11.2 Å². The van der Waals surface area contributed by atoms with Crippen molar-refractivity contribution in [2.75, 3.05) is 10.7 Å². The fourth-order valence-electron chi connectivity index (χ4n) is 3.84. The number of nitrogens with zero attached hydrogens (tertiary/aromatic N) is 5. The highest BCUT2D eigenvalue weighted by Gasteiger charge is 2.30. The molecule has 0 bridgehead atoms. The molecule has 2 aromatic carbocycles. The predicted molar refractivity (Wildman–Crippen MR) is 114 cm³/mol. The molecule has 0 saturated carbocycles. The number of carbonyl (C=O) groups excluding carboxylic acids is 1. The minimum atomic E-state index is 0.0923. The van der Waals surface area contributed by atoms with E-state index in [-0.39, 0.29) is 11.9 Å². The van der Waals surface area contributed by atoms with Gasteiger partial charge in [0.25, 0.3) is 0 Å². The van der Waals surface area contributed by atoms with E-state index >= 15 is 0 Å². The minimum Gasteiger partial charge on any atom is -0.308 e. The summed E-state index contributed by atoms with van der Waals surface area (Å²) in [6.07, 6.45) is 4.20. The topological polar surface area (TPSA) is 63.9 Å². The van der Waals surface area contributed by atoms with E-state index in [1.807, 2.05) is 53.4 Å². The number of para-hydroxylation sites is 2. The number of aromatic nitrogens is 4. The van der Waals surface area contributed by atoms with Crippen molar-refractivity contribution in [3.05, 3.63) is 72.7 Å². The molecule has 29 heavy (non-hydrogen) atoms. The molecule has 1 amide bonds. The maximum absolute atomic E-state index is 13.0. The van der Waals surface area contributed by atoms with Crippen LogP contribution in [-0.4, -0.2) is 37.5 Å². The third kappa shape index (κ3) is 3.17. The molecule has 2 aromatic heterocycles.